The zero-order valence-electron chi connectivity index (χ0n) is 20.3. The number of aryl methyl sites for hydroxylation is 1. The summed E-state index contributed by atoms with van der Waals surface area (Å²) in [6.45, 7) is 5.74. The largest absolute Gasteiger partial charge is 0.496 e. The Morgan fingerprint density at radius 1 is 1.14 bits per heavy atom. The topological polar surface area (TPSA) is 73.2 Å². The van der Waals surface area contributed by atoms with Crippen LogP contribution in [0.2, 0.25) is 0 Å². The molecular weight excluding hydrogens is 444 g/mol. The average Bonchev–Trinajstić information content (AvgIpc) is 3.27. The number of hydrogen-bond acceptors (Lipinski definition) is 5. The molecule has 0 aliphatic carbocycles. The van der Waals surface area contributed by atoms with Crippen molar-refractivity contribution in [3.05, 3.63) is 65.4 Å². The van der Waals surface area contributed by atoms with Gasteiger partial charge in [-0.3, -0.25) is 4.90 Å². The van der Waals surface area contributed by atoms with Gasteiger partial charge in [-0.2, -0.15) is 0 Å². The second-order valence-electron chi connectivity index (χ2n) is 9.54. The second kappa shape index (κ2) is 10.8. The highest BCUT2D eigenvalue weighted by Crippen LogP contribution is 2.35. The first-order valence-electron chi connectivity index (χ1n) is 12.5. The van der Waals surface area contributed by atoms with Gasteiger partial charge in [0.1, 0.15) is 11.3 Å². The number of ether oxygens (including phenoxy) is 3. The maximum atomic E-state index is 11.6. The number of para-hydroxylation sites is 1. The van der Waals surface area contributed by atoms with Gasteiger partial charge in [0.05, 0.1) is 33.0 Å². The minimum absolute atomic E-state index is 0.177. The van der Waals surface area contributed by atoms with Gasteiger partial charge in [-0.1, -0.05) is 24.3 Å². The van der Waals surface area contributed by atoms with Crippen LogP contribution in [0.1, 0.15) is 46.7 Å². The summed E-state index contributed by atoms with van der Waals surface area (Å²) in [5, 5.41) is 10.8. The first-order chi connectivity index (χ1) is 17.1. The first-order valence-corrected chi connectivity index (χ1v) is 12.5. The second-order valence-corrected chi connectivity index (χ2v) is 9.54. The van der Waals surface area contributed by atoms with Gasteiger partial charge in [-0.15, -0.1) is 0 Å². The van der Waals surface area contributed by atoms with E-state index in [1.807, 2.05) is 6.07 Å². The summed E-state index contributed by atoms with van der Waals surface area (Å²) < 4.78 is 19.0. The van der Waals surface area contributed by atoms with Crippen LogP contribution >= 0.6 is 0 Å². The molecule has 5 rings (SSSR count). The van der Waals surface area contributed by atoms with Gasteiger partial charge in [0, 0.05) is 30.2 Å². The standard InChI is InChI=1S/C28H34N2O5/c1-33-27-7-6-20(16-24(27)28(31)32)17-29-11-8-21(9-12-29)25-18-30(26-5-3-2-4-23(25)26)13-10-22-19-34-14-15-35-22/h2-7,16,18,21-22H,8-15,17,19H2,1H3,(H,31,32). The number of methoxy groups -OCH3 is 1. The molecular formula is C28H34N2O5. The Balaban J connectivity index is 1.24. The highest BCUT2D eigenvalue weighted by Gasteiger charge is 2.25. The Hall–Kier alpha value is -2.87. The van der Waals surface area contributed by atoms with Crippen molar-refractivity contribution in [1.82, 2.24) is 9.47 Å². The van der Waals surface area contributed by atoms with Crippen LogP contribution in [-0.2, 0) is 22.6 Å². The minimum atomic E-state index is -0.957. The molecule has 7 nitrogen and oxygen atoms in total. The molecule has 3 aromatic rings. The number of carbonyl (C=O) groups is 1. The molecule has 0 radical (unpaired) electrons. The summed E-state index contributed by atoms with van der Waals surface area (Å²) in [5.74, 6) is -0.0302. The molecule has 1 atom stereocenters. The summed E-state index contributed by atoms with van der Waals surface area (Å²) in [7, 11) is 1.50. The van der Waals surface area contributed by atoms with Gasteiger partial charge >= 0.3 is 5.97 Å². The lowest BCUT2D eigenvalue weighted by Crippen LogP contribution is -2.32. The molecule has 2 aliphatic heterocycles. The molecule has 1 unspecified atom stereocenters. The molecule has 0 bridgehead atoms. The van der Waals surface area contributed by atoms with E-state index in [1.54, 1.807) is 12.1 Å². The molecule has 0 spiro atoms. The van der Waals surface area contributed by atoms with Gasteiger partial charge < -0.3 is 23.9 Å². The summed E-state index contributed by atoms with van der Waals surface area (Å²) >= 11 is 0. The molecule has 0 amide bonds. The van der Waals surface area contributed by atoms with Crippen molar-refractivity contribution in [2.24, 2.45) is 0 Å². The molecule has 7 heteroatoms. The van der Waals surface area contributed by atoms with Crippen molar-refractivity contribution < 1.29 is 24.1 Å². The lowest BCUT2D eigenvalue weighted by molar-refractivity contribution is -0.0916. The summed E-state index contributed by atoms with van der Waals surface area (Å²) in [6, 6.07) is 14.2. The zero-order valence-corrected chi connectivity index (χ0v) is 20.3. The van der Waals surface area contributed by atoms with Crippen molar-refractivity contribution >= 4 is 16.9 Å². The summed E-state index contributed by atoms with van der Waals surface area (Å²) in [5.41, 5.74) is 3.96. The number of piperidine rings is 1. The minimum Gasteiger partial charge on any atom is -0.496 e. The summed E-state index contributed by atoms with van der Waals surface area (Å²) in [4.78, 5) is 14.0. The predicted octanol–water partition coefficient (Wildman–Crippen LogP) is 4.53. The van der Waals surface area contributed by atoms with E-state index in [0.717, 1.165) is 51.0 Å². The number of carboxylic acid groups (broad SMARTS) is 1. The third-order valence-corrected chi connectivity index (χ3v) is 7.32. The van der Waals surface area contributed by atoms with Crippen LogP contribution < -0.4 is 4.74 Å². The molecule has 2 aliphatic rings. The number of nitrogens with zero attached hydrogens (tertiary/aromatic N) is 2. The quantitative estimate of drug-likeness (QED) is 0.513. The number of aromatic carboxylic acids is 1. The molecule has 35 heavy (non-hydrogen) atoms. The van der Waals surface area contributed by atoms with Crippen LogP contribution in [0.25, 0.3) is 10.9 Å². The predicted molar refractivity (Wildman–Crippen MR) is 134 cm³/mol. The van der Waals surface area contributed by atoms with E-state index in [9.17, 15) is 9.90 Å². The van der Waals surface area contributed by atoms with Crippen LogP contribution in [0.3, 0.4) is 0 Å². The highest BCUT2D eigenvalue weighted by molar-refractivity contribution is 5.91. The fourth-order valence-corrected chi connectivity index (χ4v) is 5.45. The fourth-order valence-electron chi connectivity index (χ4n) is 5.45. The van der Waals surface area contributed by atoms with Crippen molar-refractivity contribution in [2.75, 3.05) is 40.0 Å². The molecule has 186 valence electrons. The third-order valence-electron chi connectivity index (χ3n) is 7.32. The van der Waals surface area contributed by atoms with Gasteiger partial charge in [0.25, 0.3) is 0 Å². The van der Waals surface area contributed by atoms with E-state index >= 15 is 0 Å². The van der Waals surface area contributed by atoms with E-state index in [-0.39, 0.29) is 11.7 Å². The number of hydrogen-bond donors (Lipinski definition) is 1. The third kappa shape index (κ3) is 5.37. The molecule has 1 N–H and O–H groups in total. The SMILES string of the molecule is COc1ccc(CN2CCC(c3cn(CCC4COCCO4)c4ccccc34)CC2)cc1C(=O)O. The van der Waals surface area contributed by atoms with E-state index in [1.165, 1.54) is 23.6 Å². The Morgan fingerprint density at radius 2 is 1.97 bits per heavy atom. The van der Waals surface area contributed by atoms with Gasteiger partial charge in [0.2, 0.25) is 0 Å². The van der Waals surface area contributed by atoms with Crippen molar-refractivity contribution in [1.29, 1.82) is 0 Å². The lowest BCUT2D eigenvalue weighted by atomic mass is 9.89. The first kappa shape index (κ1) is 23.9. The maximum absolute atomic E-state index is 11.6. The molecule has 1 aromatic heterocycles. The number of carboxylic acids is 1. The van der Waals surface area contributed by atoms with Crippen molar-refractivity contribution in [2.45, 2.75) is 44.4 Å². The lowest BCUT2D eigenvalue weighted by Gasteiger charge is -2.32. The van der Waals surface area contributed by atoms with E-state index in [2.05, 4.69) is 39.9 Å². The van der Waals surface area contributed by atoms with Crippen LogP contribution in [0, 0.1) is 0 Å². The number of rotatable bonds is 8. The molecule has 3 heterocycles. The molecule has 0 saturated carbocycles. The van der Waals surface area contributed by atoms with Crippen LogP contribution in [0.5, 0.6) is 5.75 Å². The molecule has 2 fully saturated rings. The maximum Gasteiger partial charge on any atom is 0.339 e. The number of fused-ring (bicyclic) bond motifs is 1. The Bertz CT molecular complexity index is 1160. The van der Waals surface area contributed by atoms with Crippen LogP contribution in [-0.4, -0.2) is 66.7 Å². The number of aromatic nitrogens is 1. The van der Waals surface area contributed by atoms with Crippen molar-refractivity contribution in [3.8, 4) is 5.75 Å². The van der Waals surface area contributed by atoms with E-state index in [0.29, 0.717) is 31.5 Å². The Labute approximate surface area is 206 Å². The summed E-state index contributed by atoms with van der Waals surface area (Å²) in [6.07, 6.45) is 5.68. The molecule has 2 aromatic carbocycles. The Morgan fingerprint density at radius 3 is 2.71 bits per heavy atom. The highest BCUT2D eigenvalue weighted by atomic mass is 16.6. The van der Waals surface area contributed by atoms with Crippen LogP contribution in [0.15, 0.2) is 48.7 Å². The van der Waals surface area contributed by atoms with Gasteiger partial charge in [-0.25, -0.2) is 4.79 Å². The fraction of sp³-hybridized carbons (Fsp3) is 0.464. The van der Waals surface area contributed by atoms with E-state index in [4.69, 9.17) is 14.2 Å². The number of benzene rings is 2. The average molecular weight is 479 g/mol. The monoisotopic (exact) mass is 478 g/mol. The smallest absolute Gasteiger partial charge is 0.339 e. The van der Waals surface area contributed by atoms with Crippen LogP contribution in [0.4, 0.5) is 0 Å². The van der Waals surface area contributed by atoms with Gasteiger partial charge in [0.15, 0.2) is 0 Å². The molecule has 2 saturated heterocycles. The zero-order chi connectivity index (χ0) is 24.2. The van der Waals surface area contributed by atoms with Gasteiger partial charge in [-0.05, 0) is 67.6 Å². The van der Waals surface area contributed by atoms with E-state index < -0.39 is 5.97 Å². The number of likely N-dealkylation sites (tertiary alicyclic amines) is 1. The normalized spacial score (nSPS) is 19.7. The van der Waals surface area contributed by atoms with Crippen molar-refractivity contribution in [3.63, 3.8) is 0 Å². The Kier molecular flexibility index (Phi) is 7.37.